The van der Waals surface area contributed by atoms with Crippen LogP contribution < -0.4 is 31.1 Å². The second-order valence-electron chi connectivity index (χ2n) is 10.2. The van der Waals surface area contributed by atoms with Crippen LogP contribution in [0.4, 0.5) is 0 Å². The standard InChI is InChI=1S/2C18H16OSi.2C2H6O.Ti/c2*19-20(16-10-4-1-5-11-16,17-12-6-2-7-13-17)18-14-8-3-9-15-18;2*1-2-3;/h2*1-15,19H;2*3H,2H2,1H3;. The van der Waals surface area contributed by atoms with Crippen molar-refractivity contribution in [2.45, 2.75) is 13.8 Å². The third-order valence-electron chi connectivity index (χ3n) is 7.15. The van der Waals surface area contributed by atoms with E-state index < -0.39 is 16.6 Å². The largest absolute Gasteiger partial charge is 0.421 e. The summed E-state index contributed by atoms with van der Waals surface area (Å²) in [4.78, 5) is 23.1. The minimum Gasteiger partial charge on any atom is -0.421 e. The second-order valence-corrected chi connectivity index (χ2v) is 16.6. The third-order valence-corrected chi connectivity index (χ3v) is 14.2. The molecule has 7 heteroatoms. The molecule has 6 rings (SSSR count). The summed E-state index contributed by atoms with van der Waals surface area (Å²) < 4.78 is 0. The molecule has 0 fully saturated rings. The Bertz CT molecular complexity index is 1310. The maximum absolute atomic E-state index is 11.6. The fourth-order valence-corrected chi connectivity index (χ4v) is 11.1. The molecule has 6 aromatic rings. The minimum absolute atomic E-state index is 0. The van der Waals surface area contributed by atoms with E-state index in [1.54, 1.807) is 13.8 Å². The number of aliphatic hydroxyl groups excluding tert-OH is 2. The van der Waals surface area contributed by atoms with Crippen molar-refractivity contribution in [3.05, 3.63) is 182 Å². The van der Waals surface area contributed by atoms with Crippen LogP contribution in [0.1, 0.15) is 13.8 Å². The van der Waals surface area contributed by atoms with Gasteiger partial charge in [0.15, 0.2) is 0 Å². The van der Waals surface area contributed by atoms with Gasteiger partial charge in [-0.2, -0.15) is 0 Å². The minimum atomic E-state index is -2.88. The SMILES string of the molecule is CCO.CCO.O[Si](c1ccccc1)(c1ccccc1)c1ccccc1.O[Si](c1ccccc1)(c1ccccc1)c1ccccc1.[Ti]. The van der Waals surface area contributed by atoms with Gasteiger partial charge in [0.25, 0.3) is 16.6 Å². The summed E-state index contributed by atoms with van der Waals surface area (Å²) in [6, 6.07) is 59.9. The van der Waals surface area contributed by atoms with Crippen molar-refractivity contribution < 1.29 is 41.5 Å². The fourth-order valence-electron chi connectivity index (χ4n) is 5.08. The number of hydrogen-bond donors (Lipinski definition) is 4. The summed E-state index contributed by atoms with van der Waals surface area (Å²) >= 11 is 0. The Morgan fingerprint density at radius 3 is 0.532 bits per heavy atom. The molecule has 47 heavy (non-hydrogen) atoms. The molecule has 0 aliphatic heterocycles. The Morgan fingerprint density at radius 2 is 0.426 bits per heavy atom. The average Bonchev–Trinajstić information content (AvgIpc) is 3.14. The van der Waals surface area contributed by atoms with Crippen molar-refractivity contribution in [3.8, 4) is 0 Å². The van der Waals surface area contributed by atoms with Crippen LogP contribution in [-0.4, -0.2) is 49.7 Å². The summed E-state index contributed by atoms with van der Waals surface area (Å²) in [5.74, 6) is 0. The summed E-state index contributed by atoms with van der Waals surface area (Å²) in [6.45, 7) is 3.86. The van der Waals surface area contributed by atoms with E-state index in [0.717, 1.165) is 31.1 Å². The first-order valence-electron chi connectivity index (χ1n) is 15.5. The molecule has 0 heterocycles. The van der Waals surface area contributed by atoms with Crippen LogP contribution in [0.5, 0.6) is 0 Å². The molecule has 0 aliphatic carbocycles. The Balaban J connectivity index is 0.000000275. The maximum Gasteiger partial charge on any atom is 0.285 e. The van der Waals surface area contributed by atoms with Gasteiger partial charge in [-0.25, -0.2) is 0 Å². The maximum atomic E-state index is 11.6. The molecule has 4 nitrogen and oxygen atoms in total. The van der Waals surface area contributed by atoms with Crippen LogP contribution in [0.3, 0.4) is 0 Å². The molecule has 240 valence electrons. The van der Waals surface area contributed by atoms with Gasteiger partial charge < -0.3 is 19.8 Å². The molecule has 0 bridgehead atoms. The Labute approximate surface area is 296 Å². The molecular weight excluding hydrogens is 648 g/mol. The molecule has 6 aromatic carbocycles. The van der Waals surface area contributed by atoms with E-state index in [4.69, 9.17) is 10.2 Å². The first-order chi connectivity index (χ1) is 22.5. The van der Waals surface area contributed by atoms with Crippen molar-refractivity contribution in [2.24, 2.45) is 0 Å². The van der Waals surface area contributed by atoms with Gasteiger partial charge in [-0.3, -0.25) is 0 Å². The van der Waals surface area contributed by atoms with Gasteiger partial charge in [-0.1, -0.05) is 182 Å². The quantitative estimate of drug-likeness (QED) is 0.160. The van der Waals surface area contributed by atoms with Crippen LogP contribution in [0, 0.1) is 0 Å². The molecule has 0 radical (unpaired) electrons. The molecule has 0 amide bonds. The number of rotatable bonds is 6. The predicted molar refractivity (Wildman–Crippen MR) is 198 cm³/mol. The van der Waals surface area contributed by atoms with Crippen LogP contribution in [-0.2, 0) is 21.7 Å². The van der Waals surface area contributed by atoms with Crippen molar-refractivity contribution in [1.29, 1.82) is 0 Å². The molecule has 4 N–H and O–H groups in total. The Morgan fingerprint density at radius 1 is 0.319 bits per heavy atom. The van der Waals surface area contributed by atoms with Gasteiger partial charge in [0.05, 0.1) is 0 Å². The van der Waals surface area contributed by atoms with Gasteiger partial charge in [0.1, 0.15) is 0 Å². The van der Waals surface area contributed by atoms with Crippen LogP contribution in [0.15, 0.2) is 182 Å². The summed E-state index contributed by atoms with van der Waals surface area (Å²) in [7, 11) is -5.76. The topological polar surface area (TPSA) is 80.9 Å². The molecule has 0 spiro atoms. The van der Waals surface area contributed by atoms with Crippen molar-refractivity contribution >= 4 is 47.8 Å². The van der Waals surface area contributed by atoms with Crippen molar-refractivity contribution in [1.82, 2.24) is 0 Å². The van der Waals surface area contributed by atoms with Crippen molar-refractivity contribution in [3.63, 3.8) is 0 Å². The molecule has 0 aromatic heterocycles. The number of benzene rings is 6. The van der Waals surface area contributed by atoms with Crippen LogP contribution in [0.25, 0.3) is 0 Å². The summed E-state index contributed by atoms with van der Waals surface area (Å²) in [5, 5.41) is 21.2. The molecule has 0 saturated carbocycles. The third kappa shape index (κ3) is 10.7. The van der Waals surface area contributed by atoms with Crippen LogP contribution in [0.2, 0.25) is 0 Å². The Kier molecular flexibility index (Phi) is 17.8. The summed E-state index contributed by atoms with van der Waals surface area (Å²) in [6.07, 6.45) is 0. The first-order valence-corrected chi connectivity index (χ1v) is 19.4. The van der Waals surface area contributed by atoms with E-state index in [0.29, 0.717) is 0 Å². The molecule has 0 aliphatic rings. The van der Waals surface area contributed by atoms with E-state index >= 15 is 0 Å². The van der Waals surface area contributed by atoms with E-state index in [1.165, 1.54) is 0 Å². The zero-order valence-electron chi connectivity index (χ0n) is 27.0. The van der Waals surface area contributed by atoms with Gasteiger partial charge in [-0.05, 0) is 45.0 Å². The molecule has 0 atom stereocenters. The summed E-state index contributed by atoms with van der Waals surface area (Å²) in [5.41, 5.74) is 0. The number of hydrogen-bond acceptors (Lipinski definition) is 4. The van der Waals surface area contributed by atoms with Crippen LogP contribution >= 0.6 is 0 Å². The van der Waals surface area contributed by atoms with Gasteiger partial charge >= 0.3 is 0 Å². The van der Waals surface area contributed by atoms with Gasteiger partial charge in [0.2, 0.25) is 0 Å². The van der Waals surface area contributed by atoms with Gasteiger partial charge in [-0.15, -0.1) is 0 Å². The predicted octanol–water partition coefficient (Wildman–Crippen LogP) is 3.29. The first kappa shape index (κ1) is 39.5. The zero-order valence-corrected chi connectivity index (χ0v) is 30.6. The van der Waals surface area contributed by atoms with E-state index in [1.807, 2.05) is 182 Å². The monoisotopic (exact) mass is 692 g/mol. The van der Waals surface area contributed by atoms with Crippen molar-refractivity contribution in [2.75, 3.05) is 13.2 Å². The number of aliphatic hydroxyl groups is 2. The average molecular weight is 693 g/mol. The molecule has 0 saturated heterocycles. The molecular formula is C40H44O4Si2Ti. The Hall–Kier alpha value is -3.69. The van der Waals surface area contributed by atoms with E-state index in [2.05, 4.69) is 0 Å². The second kappa shape index (κ2) is 21.2. The smallest absolute Gasteiger partial charge is 0.285 e. The molecule has 0 unspecified atom stereocenters. The van der Waals surface area contributed by atoms with Gasteiger partial charge in [0, 0.05) is 34.9 Å². The van der Waals surface area contributed by atoms with E-state index in [9.17, 15) is 9.59 Å². The normalized spacial score (nSPS) is 10.3. The fraction of sp³-hybridized carbons (Fsp3) is 0.100. The zero-order chi connectivity index (χ0) is 33.1. The van der Waals surface area contributed by atoms with E-state index in [-0.39, 0.29) is 34.9 Å².